The molecule has 2 aromatic rings. The third-order valence-electron chi connectivity index (χ3n) is 7.44. The maximum absolute atomic E-state index is 13.9. The molecule has 2 aliphatic heterocycles. The monoisotopic (exact) mass is 466 g/mol. The Bertz CT molecular complexity index is 1030. The zero-order valence-electron chi connectivity index (χ0n) is 20.5. The van der Waals surface area contributed by atoms with Crippen molar-refractivity contribution in [1.82, 2.24) is 14.8 Å². The summed E-state index contributed by atoms with van der Waals surface area (Å²) in [6.45, 7) is 4.61. The Morgan fingerprint density at radius 2 is 1.85 bits per heavy atom. The Kier molecular flexibility index (Phi) is 7.19. The predicted molar refractivity (Wildman–Crippen MR) is 131 cm³/mol. The molecule has 2 amide bonds. The zero-order chi connectivity index (χ0) is 24.3. The van der Waals surface area contributed by atoms with Crippen molar-refractivity contribution in [3.63, 3.8) is 0 Å². The van der Waals surface area contributed by atoms with E-state index in [9.17, 15) is 14.0 Å². The van der Waals surface area contributed by atoms with E-state index in [-0.39, 0.29) is 24.1 Å². The van der Waals surface area contributed by atoms with Crippen LogP contribution in [0.1, 0.15) is 49.7 Å². The highest BCUT2D eigenvalue weighted by Gasteiger charge is 2.41. The first-order valence-corrected chi connectivity index (χ1v) is 12.2. The van der Waals surface area contributed by atoms with E-state index < -0.39 is 5.41 Å². The number of pyridine rings is 1. The van der Waals surface area contributed by atoms with Gasteiger partial charge in [0.05, 0.1) is 6.42 Å². The number of hydrogen-bond acceptors (Lipinski definition) is 4. The molecule has 0 bridgehead atoms. The lowest BCUT2D eigenvalue weighted by Gasteiger charge is -2.43. The first kappa shape index (κ1) is 24.2. The van der Waals surface area contributed by atoms with Crippen molar-refractivity contribution in [2.75, 3.05) is 45.2 Å². The molecule has 34 heavy (non-hydrogen) atoms. The molecule has 7 heteroatoms. The van der Waals surface area contributed by atoms with Gasteiger partial charge in [0.2, 0.25) is 11.8 Å². The van der Waals surface area contributed by atoms with Gasteiger partial charge in [-0.25, -0.2) is 9.37 Å². The average molecular weight is 467 g/mol. The second kappa shape index (κ2) is 10.1. The molecule has 3 heterocycles. The summed E-state index contributed by atoms with van der Waals surface area (Å²) in [7, 11) is 3.97. The van der Waals surface area contributed by atoms with Crippen molar-refractivity contribution >= 4 is 17.6 Å². The van der Waals surface area contributed by atoms with Gasteiger partial charge in [-0.2, -0.15) is 0 Å². The molecule has 2 saturated heterocycles. The number of carbonyl (C=O) groups is 2. The summed E-state index contributed by atoms with van der Waals surface area (Å²) >= 11 is 0. The molecule has 0 aliphatic carbocycles. The Morgan fingerprint density at radius 1 is 1.12 bits per heavy atom. The fourth-order valence-electron chi connectivity index (χ4n) is 5.13. The summed E-state index contributed by atoms with van der Waals surface area (Å²) in [5.74, 6) is 1.01. The standard InChI is InChI=1S/C27H35FN4O2/c1-27(11-15-31(16-12-27)25(33)18-21-7-4-5-9-23(21)28)26(34)32-14-6-8-22(19-32)20-10-13-29-24(17-20)30(2)3/h4-5,7,9-10,13,17,22H,6,8,11-12,14-16,18-19H2,1-3H3/t22-/m0/s1. The van der Waals surface area contributed by atoms with Crippen LogP contribution in [0.4, 0.5) is 10.2 Å². The van der Waals surface area contributed by atoms with Crippen LogP contribution in [0.15, 0.2) is 42.6 Å². The number of hydrogen-bond donors (Lipinski definition) is 0. The number of likely N-dealkylation sites (tertiary alicyclic amines) is 2. The normalized spacial score (nSPS) is 20.2. The van der Waals surface area contributed by atoms with Crippen LogP contribution in [0.5, 0.6) is 0 Å². The van der Waals surface area contributed by atoms with E-state index >= 15 is 0 Å². The minimum Gasteiger partial charge on any atom is -0.363 e. The molecular weight excluding hydrogens is 431 g/mol. The van der Waals surface area contributed by atoms with E-state index in [0.29, 0.717) is 37.4 Å². The molecule has 6 nitrogen and oxygen atoms in total. The van der Waals surface area contributed by atoms with Gasteiger partial charge >= 0.3 is 0 Å². The lowest BCUT2D eigenvalue weighted by Crippen LogP contribution is -2.52. The van der Waals surface area contributed by atoms with E-state index in [4.69, 9.17) is 0 Å². The summed E-state index contributed by atoms with van der Waals surface area (Å²) in [6.07, 6.45) is 5.23. The molecule has 0 spiro atoms. The van der Waals surface area contributed by atoms with Crippen molar-refractivity contribution in [2.45, 2.75) is 44.9 Å². The lowest BCUT2D eigenvalue weighted by molar-refractivity contribution is -0.148. The number of halogens is 1. The molecular formula is C27H35FN4O2. The highest BCUT2D eigenvalue weighted by Crippen LogP contribution is 2.36. The number of rotatable bonds is 5. The maximum atomic E-state index is 13.9. The quantitative estimate of drug-likeness (QED) is 0.672. The summed E-state index contributed by atoms with van der Waals surface area (Å²) in [5.41, 5.74) is 1.18. The van der Waals surface area contributed by atoms with Crippen LogP contribution in [0, 0.1) is 11.2 Å². The number of carbonyl (C=O) groups excluding carboxylic acids is 2. The first-order valence-electron chi connectivity index (χ1n) is 12.2. The molecule has 2 fully saturated rings. The Hall–Kier alpha value is -2.96. The van der Waals surface area contributed by atoms with Gasteiger partial charge in [-0.15, -0.1) is 0 Å². The van der Waals surface area contributed by atoms with E-state index in [2.05, 4.69) is 17.1 Å². The Labute approximate surface area is 201 Å². The van der Waals surface area contributed by atoms with Gasteiger partial charge in [0, 0.05) is 57.8 Å². The van der Waals surface area contributed by atoms with Crippen LogP contribution < -0.4 is 4.90 Å². The smallest absolute Gasteiger partial charge is 0.228 e. The van der Waals surface area contributed by atoms with E-state index in [1.807, 2.05) is 37.0 Å². The average Bonchev–Trinajstić information content (AvgIpc) is 2.85. The molecule has 182 valence electrons. The molecule has 0 saturated carbocycles. The number of piperidine rings is 2. The molecule has 0 radical (unpaired) electrons. The molecule has 0 unspecified atom stereocenters. The van der Waals surface area contributed by atoms with E-state index in [0.717, 1.165) is 31.7 Å². The summed E-state index contributed by atoms with van der Waals surface area (Å²) in [5, 5.41) is 0. The van der Waals surface area contributed by atoms with Gasteiger partial charge in [0.1, 0.15) is 11.6 Å². The maximum Gasteiger partial charge on any atom is 0.228 e. The highest BCUT2D eigenvalue weighted by molar-refractivity contribution is 5.84. The Balaban J connectivity index is 1.36. The molecule has 0 N–H and O–H groups in total. The van der Waals surface area contributed by atoms with Gasteiger partial charge < -0.3 is 14.7 Å². The van der Waals surface area contributed by atoms with Crippen molar-refractivity contribution in [3.05, 3.63) is 59.5 Å². The van der Waals surface area contributed by atoms with Crippen LogP contribution in [-0.4, -0.2) is 66.9 Å². The van der Waals surface area contributed by atoms with E-state index in [1.165, 1.54) is 11.6 Å². The number of nitrogens with zero attached hydrogens (tertiary/aromatic N) is 4. The van der Waals surface area contributed by atoms with Gasteiger partial charge in [-0.1, -0.05) is 25.1 Å². The van der Waals surface area contributed by atoms with Crippen LogP contribution in [-0.2, 0) is 16.0 Å². The van der Waals surface area contributed by atoms with Crippen molar-refractivity contribution < 1.29 is 14.0 Å². The third-order valence-corrected chi connectivity index (χ3v) is 7.44. The topological polar surface area (TPSA) is 56.8 Å². The van der Waals surface area contributed by atoms with Gasteiger partial charge in [-0.05, 0) is 55.0 Å². The van der Waals surface area contributed by atoms with Crippen molar-refractivity contribution in [1.29, 1.82) is 0 Å². The summed E-state index contributed by atoms with van der Waals surface area (Å²) in [6, 6.07) is 10.6. The van der Waals surface area contributed by atoms with E-state index in [1.54, 1.807) is 23.1 Å². The highest BCUT2D eigenvalue weighted by atomic mass is 19.1. The van der Waals surface area contributed by atoms with Crippen molar-refractivity contribution in [2.24, 2.45) is 5.41 Å². The molecule has 1 atom stereocenters. The summed E-state index contributed by atoms with van der Waals surface area (Å²) in [4.78, 5) is 36.5. The fraction of sp³-hybridized carbons (Fsp3) is 0.519. The van der Waals surface area contributed by atoms with Gasteiger partial charge in [0.25, 0.3) is 0 Å². The largest absolute Gasteiger partial charge is 0.363 e. The fourth-order valence-corrected chi connectivity index (χ4v) is 5.13. The third kappa shape index (κ3) is 5.24. The van der Waals surface area contributed by atoms with Gasteiger partial charge in [-0.3, -0.25) is 9.59 Å². The van der Waals surface area contributed by atoms with Gasteiger partial charge in [0.15, 0.2) is 0 Å². The Morgan fingerprint density at radius 3 is 2.56 bits per heavy atom. The first-order chi connectivity index (χ1) is 16.3. The summed E-state index contributed by atoms with van der Waals surface area (Å²) < 4.78 is 13.9. The minimum atomic E-state index is -0.469. The number of benzene rings is 1. The SMILES string of the molecule is CN(C)c1cc([C@H]2CCCN(C(=O)C3(C)CCN(C(=O)Cc4ccccc4F)CC3)C2)ccn1. The lowest BCUT2D eigenvalue weighted by atomic mass is 9.78. The molecule has 4 rings (SSSR count). The number of amides is 2. The second-order valence-corrected chi connectivity index (χ2v) is 10.1. The molecule has 1 aromatic heterocycles. The van der Waals surface area contributed by atoms with Crippen LogP contribution in [0.2, 0.25) is 0 Å². The minimum absolute atomic E-state index is 0.0615. The molecule has 2 aliphatic rings. The van der Waals surface area contributed by atoms with Crippen LogP contribution >= 0.6 is 0 Å². The number of anilines is 1. The van der Waals surface area contributed by atoms with Crippen LogP contribution in [0.3, 0.4) is 0 Å². The predicted octanol–water partition coefficient (Wildman–Crippen LogP) is 3.86. The zero-order valence-corrected chi connectivity index (χ0v) is 20.5. The van der Waals surface area contributed by atoms with Crippen molar-refractivity contribution in [3.8, 4) is 0 Å². The number of aromatic nitrogens is 1. The second-order valence-electron chi connectivity index (χ2n) is 10.1. The van der Waals surface area contributed by atoms with Crippen LogP contribution in [0.25, 0.3) is 0 Å². The molecule has 1 aromatic carbocycles.